The zero-order chi connectivity index (χ0) is 11.6. The van der Waals surface area contributed by atoms with Gasteiger partial charge in [0.25, 0.3) is 5.92 Å². The number of hydrogen-bond acceptors (Lipinski definition) is 2. The van der Waals surface area contributed by atoms with Gasteiger partial charge >= 0.3 is 0 Å². The van der Waals surface area contributed by atoms with E-state index in [2.05, 4.69) is 5.32 Å². The Bertz CT molecular complexity index is 343. The van der Waals surface area contributed by atoms with E-state index in [0.717, 1.165) is 11.3 Å². The fourth-order valence-corrected chi connectivity index (χ4v) is 1.81. The van der Waals surface area contributed by atoms with Gasteiger partial charge in [-0.15, -0.1) is 0 Å². The molecule has 2 nitrogen and oxygen atoms in total. The van der Waals surface area contributed by atoms with Gasteiger partial charge in [-0.25, -0.2) is 8.78 Å². The molecule has 1 aliphatic rings. The summed E-state index contributed by atoms with van der Waals surface area (Å²) in [5.41, 5.74) is 1.08. The number of rotatable bonds is 4. The maximum Gasteiger partial charge on any atom is 0.251 e. The third kappa shape index (κ3) is 2.70. The average molecular weight is 227 g/mol. The first-order valence-electron chi connectivity index (χ1n) is 5.33. The summed E-state index contributed by atoms with van der Waals surface area (Å²) in [6.45, 7) is 0.630. The molecule has 0 bridgehead atoms. The number of benzene rings is 1. The second-order valence-corrected chi connectivity index (χ2v) is 4.19. The van der Waals surface area contributed by atoms with Crippen LogP contribution >= 0.6 is 0 Å². The molecule has 1 fully saturated rings. The molecule has 1 aromatic rings. The molecule has 0 aromatic heterocycles. The minimum Gasteiger partial charge on any atom is -0.497 e. The zero-order valence-corrected chi connectivity index (χ0v) is 9.17. The number of hydrogen-bond donors (Lipinski definition) is 1. The number of halogens is 2. The van der Waals surface area contributed by atoms with Crippen LogP contribution in [-0.2, 0) is 6.54 Å². The molecule has 0 aliphatic heterocycles. The predicted octanol–water partition coefficient (Wildman–Crippen LogP) is 2.58. The Hall–Kier alpha value is -1.16. The van der Waals surface area contributed by atoms with Gasteiger partial charge in [-0.2, -0.15) is 0 Å². The second-order valence-electron chi connectivity index (χ2n) is 4.19. The smallest absolute Gasteiger partial charge is 0.251 e. The van der Waals surface area contributed by atoms with E-state index in [0.29, 0.717) is 6.54 Å². The van der Waals surface area contributed by atoms with E-state index in [1.807, 2.05) is 24.3 Å². The number of nitrogens with one attached hydrogen (secondary N) is 1. The van der Waals surface area contributed by atoms with Crippen LogP contribution in [0.4, 0.5) is 8.78 Å². The highest BCUT2D eigenvalue weighted by atomic mass is 19.3. The lowest BCUT2D eigenvalue weighted by Gasteiger charge is -2.35. The van der Waals surface area contributed by atoms with E-state index in [9.17, 15) is 8.78 Å². The van der Waals surface area contributed by atoms with Crippen LogP contribution in [0.5, 0.6) is 5.75 Å². The van der Waals surface area contributed by atoms with Crippen molar-refractivity contribution in [2.24, 2.45) is 0 Å². The van der Waals surface area contributed by atoms with Crippen LogP contribution in [-0.4, -0.2) is 19.1 Å². The van der Waals surface area contributed by atoms with Crippen LogP contribution in [0, 0.1) is 0 Å². The third-order valence-corrected chi connectivity index (χ3v) is 2.84. The average Bonchev–Trinajstić information content (AvgIpc) is 2.24. The van der Waals surface area contributed by atoms with Crippen LogP contribution in [0.1, 0.15) is 18.4 Å². The van der Waals surface area contributed by atoms with Gasteiger partial charge in [0.05, 0.1) is 7.11 Å². The van der Waals surface area contributed by atoms with Crippen molar-refractivity contribution >= 4 is 0 Å². The Morgan fingerprint density at radius 3 is 2.44 bits per heavy atom. The number of methoxy groups -OCH3 is 1. The van der Waals surface area contributed by atoms with E-state index in [4.69, 9.17) is 4.74 Å². The van der Waals surface area contributed by atoms with E-state index < -0.39 is 5.92 Å². The first kappa shape index (κ1) is 11.3. The topological polar surface area (TPSA) is 21.3 Å². The van der Waals surface area contributed by atoms with Crippen molar-refractivity contribution in [1.29, 1.82) is 0 Å². The van der Waals surface area contributed by atoms with Crippen molar-refractivity contribution in [1.82, 2.24) is 5.32 Å². The summed E-state index contributed by atoms with van der Waals surface area (Å²) in [6.07, 6.45) is -0.0771. The second kappa shape index (κ2) is 4.37. The highest BCUT2D eigenvalue weighted by Gasteiger charge is 2.44. The van der Waals surface area contributed by atoms with Crippen LogP contribution < -0.4 is 10.1 Å². The first-order chi connectivity index (χ1) is 7.59. The molecule has 0 saturated heterocycles. The summed E-state index contributed by atoms with van der Waals surface area (Å²) in [5.74, 6) is -1.64. The summed E-state index contributed by atoms with van der Waals surface area (Å²) in [5, 5.41) is 3.11. The molecule has 16 heavy (non-hydrogen) atoms. The quantitative estimate of drug-likeness (QED) is 0.853. The third-order valence-electron chi connectivity index (χ3n) is 2.84. The maximum absolute atomic E-state index is 12.6. The molecule has 0 amide bonds. The van der Waals surface area contributed by atoms with Crippen molar-refractivity contribution in [2.45, 2.75) is 31.4 Å². The Kier molecular flexibility index (Phi) is 3.10. The molecule has 0 radical (unpaired) electrons. The molecule has 2 rings (SSSR count). The van der Waals surface area contributed by atoms with Crippen LogP contribution in [0.15, 0.2) is 24.3 Å². The molecule has 0 unspecified atom stereocenters. The van der Waals surface area contributed by atoms with Crippen molar-refractivity contribution in [3.63, 3.8) is 0 Å². The van der Waals surface area contributed by atoms with Gasteiger partial charge in [-0.3, -0.25) is 0 Å². The van der Waals surface area contributed by atoms with Crippen LogP contribution in [0.25, 0.3) is 0 Å². The molecule has 0 atom stereocenters. The lowest BCUT2D eigenvalue weighted by atomic mass is 9.88. The molecule has 0 heterocycles. The van der Waals surface area contributed by atoms with Crippen molar-refractivity contribution in [3.8, 4) is 5.75 Å². The SMILES string of the molecule is COc1ccc(CNC2CC(F)(F)C2)cc1. The lowest BCUT2D eigenvalue weighted by molar-refractivity contribution is -0.0930. The van der Waals surface area contributed by atoms with Gasteiger partial charge in [-0.1, -0.05) is 12.1 Å². The Morgan fingerprint density at radius 1 is 1.31 bits per heavy atom. The van der Waals surface area contributed by atoms with E-state index in [1.54, 1.807) is 7.11 Å². The van der Waals surface area contributed by atoms with Gasteiger partial charge in [0.2, 0.25) is 0 Å². The fraction of sp³-hybridized carbons (Fsp3) is 0.500. The normalized spacial score (nSPS) is 19.2. The van der Waals surface area contributed by atoms with Gasteiger partial charge in [0.1, 0.15) is 5.75 Å². The van der Waals surface area contributed by atoms with Gasteiger partial charge < -0.3 is 10.1 Å². The van der Waals surface area contributed by atoms with Gasteiger partial charge in [-0.05, 0) is 17.7 Å². The fourth-order valence-electron chi connectivity index (χ4n) is 1.81. The van der Waals surface area contributed by atoms with Gasteiger partial charge in [0, 0.05) is 25.4 Å². The number of alkyl halides is 2. The van der Waals surface area contributed by atoms with Crippen molar-refractivity contribution in [2.75, 3.05) is 7.11 Å². The van der Waals surface area contributed by atoms with Crippen molar-refractivity contribution in [3.05, 3.63) is 29.8 Å². The minimum absolute atomic E-state index is 0.0385. The molecular weight excluding hydrogens is 212 g/mol. The standard InChI is InChI=1S/C12H15F2NO/c1-16-11-4-2-9(3-5-11)8-15-10-6-12(13,14)7-10/h2-5,10,15H,6-8H2,1H3. The van der Waals surface area contributed by atoms with E-state index in [-0.39, 0.29) is 18.9 Å². The van der Waals surface area contributed by atoms with Crippen LogP contribution in [0.2, 0.25) is 0 Å². The lowest BCUT2D eigenvalue weighted by Crippen LogP contribution is -2.48. The molecule has 88 valence electrons. The zero-order valence-electron chi connectivity index (χ0n) is 9.17. The van der Waals surface area contributed by atoms with Crippen LogP contribution in [0.3, 0.4) is 0 Å². The molecule has 4 heteroatoms. The summed E-state index contributed by atoms with van der Waals surface area (Å²) < 4.78 is 30.1. The summed E-state index contributed by atoms with van der Waals surface area (Å²) >= 11 is 0. The maximum atomic E-state index is 12.6. The highest BCUT2D eigenvalue weighted by molar-refractivity contribution is 5.27. The molecule has 1 saturated carbocycles. The Balaban J connectivity index is 1.77. The summed E-state index contributed by atoms with van der Waals surface area (Å²) in [6, 6.07) is 7.56. The predicted molar refractivity (Wildman–Crippen MR) is 57.8 cm³/mol. The molecular formula is C12H15F2NO. The minimum atomic E-state index is -2.45. The number of ether oxygens (including phenoxy) is 1. The summed E-state index contributed by atoms with van der Waals surface area (Å²) in [4.78, 5) is 0. The molecule has 1 N–H and O–H groups in total. The van der Waals surface area contributed by atoms with Crippen molar-refractivity contribution < 1.29 is 13.5 Å². The molecule has 1 aromatic carbocycles. The monoisotopic (exact) mass is 227 g/mol. The molecule has 0 spiro atoms. The Labute approximate surface area is 93.6 Å². The summed E-state index contributed by atoms with van der Waals surface area (Å²) in [7, 11) is 1.61. The largest absolute Gasteiger partial charge is 0.497 e. The van der Waals surface area contributed by atoms with E-state index >= 15 is 0 Å². The molecule has 1 aliphatic carbocycles. The highest BCUT2D eigenvalue weighted by Crippen LogP contribution is 2.37. The van der Waals surface area contributed by atoms with Gasteiger partial charge in [0.15, 0.2) is 0 Å². The van der Waals surface area contributed by atoms with E-state index in [1.165, 1.54) is 0 Å². The Morgan fingerprint density at radius 2 is 1.94 bits per heavy atom. The first-order valence-corrected chi connectivity index (χ1v) is 5.33.